The highest BCUT2D eigenvalue weighted by Crippen LogP contribution is 2.31. The van der Waals surface area contributed by atoms with Crippen LogP contribution in [0.5, 0.6) is 0 Å². The minimum absolute atomic E-state index is 0.00630. The van der Waals surface area contributed by atoms with E-state index < -0.39 is 0 Å². The molecule has 1 heterocycles. The molecular formula is C15H21BrN2O. The second-order valence-corrected chi connectivity index (χ2v) is 6.04. The van der Waals surface area contributed by atoms with Crippen molar-refractivity contribution in [3.8, 4) is 0 Å². The van der Waals surface area contributed by atoms with Crippen LogP contribution in [0.2, 0.25) is 0 Å². The van der Waals surface area contributed by atoms with Crippen LogP contribution in [0.3, 0.4) is 0 Å². The maximum Gasteiger partial charge on any atom is 0.223 e. The number of hydrogen-bond donors (Lipinski definition) is 1. The highest BCUT2D eigenvalue weighted by Gasteiger charge is 2.31. The van der Waals surface area contributed by atoms with Crippen LogP contribution < -0.4 is 5.73 Å². The number of hydrogen-bond acceptors (Lipinski definition) is 2. The molecule has 0 saturated carbocycles. The van der Waals surface area contributed by atoms with Gasteiger partial charge in [-0.25, -0.2) is 0 Å². The van der Waals surface area contributed by atoms with Crippen LogP contribution in [0.15, 0.2) is 22.7 Å². The zero-order valence-electron chi connectivity index (χ0n) is 11.5. The van der Waals surface area contributed by atoms with Crippen LogP contribution >= 0.6 is 15.9 Å². The van der Waals surface area contributed by atoms with Gasteiger partial charge in [0.1, 0.15) is 0 Å². The van der Waals surface area contributed by atoms with Crippen molar-refractivity contribution in [1.82, 2.24) is 4.90 Å². The lowest BCUT2D eigenvalue weighted by Crippen LogP contribution is -2.42. The molecule has 0 aromatic heterocycles. The van der Waals surface area contributed by atoms with E-state index in [2.05, 4.69) is 35.0 Å². The predicted octanol–water partition coefficient (Wildman–Crippen LogP) is 3.16. The average Bonchev–Trinajstić information content (AvgIpc) is 2.52. The monoisotopic (exact) mass is 324 g/mol. The number of likely N-dealkylation sites (tertiary alicyclic amines) is 1. The molecule has 2 N–H and O–H groups in total. The summed E-state index contributed by atoms with van der Waals surface area (Å²) in [5.41, 5.74) is 8.64. The molecule has 0 spiro atoms. The summed E-state index contributed by atoms with van der Waals surface area (Å²) in [6.07, 6.45) is 2.41. The number of nitrogens with zero attached hydrogens (tertiary/aromatic N) is 1. The largest absolute Gasteiger partial charge is 0.334 e. The molecule has 4 heteroatoms. The number of halogens is 1. The van der Waals surface area contributed by atoms with E-state index in [0.29, 0.717) is 13.0 Å². The fourth-order valence-corrected chi connectivity index (χ4v) is 3.08. The number of amides is 1. The summed E-state index contributed by atoms with van der Waals surface area (Å²) in [7, 11) is 0. The molecule has 0 radical (unpaired) electrons. The molecule has 0 aliphatic carbocycles. The van der Waals surface area contributed by atoms with Gasteiger partial charge in [-0.05, 0) is 43.9 Å². The standard InChI is InChI=1S/C15H21BrN2O/c1-3-18-14(19)6-4-5-13(17)15(18)11-7-8-12(16)10(2)9-11/h7-9,13,15H,3-6,17H2,1-2H3. The number of carbonyl (C=O) groups is 1. The summed E-state index contributed by atoms with van der Waals surface area (Å²) in [5, 5.41) is 0. The van der Waals surface area contributed by atoms with E-state index in [1.807, 2.05) is 17.9 Å². The lowest BCUT2D eigenvalue weighted by Gasteiger charge is -2.33. The molecule has 1 amide bonds. The van der Waals surface area contributed by atoms with Crippen molar-refractivity contribution in [3.05, 3.63) is 33.8 Å². The van der Waals surface area contributed by atoms with Gasteiger partial charge < -0.3 is 10.6 Å². The Morgan fingerprint density at radius 2 is 2.21 bits per heavy atom. The second kappa shape index (κ2) is 6.06. The van der Waals surface area contributed by atoms with Gasteiger partial charge in [-0.2, -0.15) is 0 Å². The number of carbonyl (C=O) groups excluding carboxylic acids is 1. The van der Waals surface area contributed by atoms with Gasteiger partial charge in [-0.15, -0.1) is 0 Å². The van der Waals surface area contributed by atoms with Crippen LogP contribution in [0.4, 0.5) is 0 Å². The van der Waals surface area contributed by atoms with Crippen LogP contribution in [0, 0.1) is 6.92 Å². The molecule has 1 saturated heterocycles. The molecule has 1 aliphatic heterocycles. The summed E-state index contributed by atoms with van der Waals surface area (Å²) in [5.74, 6) is 0.223. The van der Waals surface area contributed by atoms with Crippen molar-refractivity contribution < 1.29 is 4.79 Å². The SMILES string of the molecule is CCN1C(=O)CCCC(N)C1c1ccc(Br)c(C)c1. The van der Waals surface area contributed by atoms with Gasteiger partial charge in [0.2, 0.25) is 5.91 Å². The lowest BCUT2D eigenvalue weighted by molar-refractivity contribution is -0.133. The molecule has 0 bridgehead atoms. The van der Waals surface area contributed by atoms with Gasteiger partial charge in [-0.1, -0.05) is 28.1 Å². The molecule has 1 fully saturated rings. The first-order valence-corrected chi connectivity index (χ1v) is 7.65. The molecular weight excluding hydrogens is 304 g/mol. The topological polar surface area (TPSA) is 46.3 Å². The van der Waals surface area contributed by atoms with E-state index in [1.165, 1.54) is 5.56 Å². The molecule has 2 unspecified atom stereocenters. The molecule has 1 aliphatic rings. The first-order chi connectivity index (χ1) is 9.04. The van der Waals surface area contributed by atoms with E-state index in [4.69, 9.17) is 5.73 Å². The zero-order valence-corrected chi connectivity index (χ0v) is 13.1. The Bertz CT molecular complexity index is 475. The van der Waals surface area contributed by atoms with Gasteiger partial charge in [0.05, 0.1) is 6.04 Å². The summed E-state index contributed by atoms with van der Waals surface area (Å²) >= 11 is 3.52. The average molecular weight is 325 g/mol. The van der Waals surface area contributed by atoms with E-state index in [-0.39, 0.29) is 18.0 Å². The second-order valence-electron chi connectivity index (χ2n) is 5.19. The van der Waals surface area contributed by atoms with Crippen molar-refractivity contribution in [1.29, 1.82) is 0 Å². The van der Waals surface area contributed by atoms with E-state index in [9.17, 15) is 4.79 Å². The maximum absolute atomic E-state index is 12.2. The van der Waals surface area contributed by atoms with Crippen LogP contribution in [-0.4, -0.2) is 23.4 Å². The summed E-state index contributed by atoms with van der Waals surface area (Å²) < 4.78 is 1.09. The Labute approximate surface area is 123 Å². The van der Waals surface area contributed by atoms with Gasteiger partial charge in [0.25, 0.3) is 0 Å². The Morgan fingerprint density at radius 1 is 1.47 bits per heavy atom. The van der Waals surface area contributed by atoms with Gasteiger partial charge in [-0.3, -0.25) is 4.79 Å². The summed E-state index contributed by atoms with van der Waals surface area (Å²) in [6.45, 7) is 4.80. The van der Waals surface area contributed by atoms with Crippen LogP contribution in [-0.2, 0) is 4.79 Å². The third-order valence-corrected chi connectivity index (χ3v) is 4.74. The minimum Gasteiger partial charge on any atom is -0.334 e. The molecule has 2 rings (SSSR count). The van der Waals surface area contributed by atoms with E-state index in [1.54, 1.807) is 0 Å². The minimum atomic E-state index is 0.00630. The third-order valence-electron chi connectivity index (χ3n) is 3.85. The highest BCUT2D eigenvalue weighted by atomic mass is 79.9. The smallest absolute Gasteiger partial charge is 0.223 e. The maximum atomic E-state index is 12.2. The number of benzene rings is 1. The van der Waals surface area contributed by atoms with Crippen molar-refractivity contribution in [2.24, 2.45) is 5.73 Å². The highest BCUT2D eigenvalue weighted by molar-refractivity contribution is 9.10. The van der Waals surface area contributed by atoms with Crippen molar-refractivity contribution >= 4 is 21.8 Å². The number of aryl methyl sites for hydroxylation is 1. The molecule has 2 atom stereocenters. The van der Waals surface area contributed by atoms with E-state index >= 15 is 0 Å². The summed E-state index contributed by atoms with van der Waals surface area (Å²) in [6, 6.07) is 6.28. The van der Waals surface area contributed by atoms with E-state index in [0.717, 1.165) is 22.9 Å². The molecule has 104 valence electrons. The fraction of sp³-hybridized carbons (Fsp3) is 0.533. The predicted molar refractivity (Wildman–Crippen MR) is 80.8 cm³/mol. The lowest BCUT2D eigenvalue weighted by atomic mass is 9.95. The first kappa shape index (κ1) is 14.5. The van der Waals surface area contributed by atoms with Crippen molar-refractivity contribution in [2.75, 3.05) is 6.54 Å². The Hall–Kier alpha value is -0.870. The molecule has 3 nitrogen and oxygen atoms in total. The van der Waals surface area contributed by atoms with Crippen molar-refractivity contribution in [3.63, 3.8) is 0 Å². The third kappa shape index (κ3) is 3.00. The van der Waals surface area contributed by atoms with Gasteiger partial charge in [0.15, 0.2) is 0 Å². The number of rotatable bonds is 2. The van der Waals surface area contributed by atoms with Crippen LogP contribution in [0.1, 0.15) is 43.4 Å². The van der Waals surface area contributed by atoms with Crippen molar-refractivity contribution in [2.45, 2.75) is 45.2 Å². The first-order valence-electron chi connectivity index (χ1n) is 6.85. The Balaban J connectivity index is 2.41. The van der Waals surface area contributed by atoms with Gasteiger partial charge >= 0.3 is 0 Å². The number of nitrogens with two attached hydrogens (primary N) is 1. The Morgan fingerprint density at radius 3 is 2.84 bits per heavy atom. The van der Waals surface area contributed by atoms with Gasteiger partial charge in [0, 0.05) is 23.5 Å². The molecule has 19 heavy (non-hydrogen) atoms. The number of likely N-dealkylation sites (N-methyl/N-ethyl adjacent to an activating group) is 1. The normalized spacial score (nSPS) is 24.4. The summed E-state index contributed by atoms with van der Waals surface area (Å²) in [4.78, 5) is 14.1. The zero-order chi connectivity index (χ0) is 14.0. The molecule has 1 aromatic carbocycles. The quantitative estimate of drug-likeness (QED) is 0.908. The Kier molecular flexibility index (Phi) is 4.63. The molecule has 1 aromatic rings. The van der Waals surface area contributed by atoms with Crippen LogP contribution in [0.25, 0.3) is 0 Å². The fourth-order valence-electron chi connectivity index (χ4n) is 2.83.